The van der Waals surface area contributed by atoms with Crippen LogP contribution in [0.25, 0.3) is 0 Å². The van der Waals surface area contributed by atoms with Gasteiger partial charge in [0.05, 0.1) is 12.7 Å². The van der Waals surface area contributed by atoms with Gasteiger partial charge in [-0.3, -0.25) is 4.79 Å². The SMILES string of the molecule is CC(=O)OS(=O)(=O)[O-].CCCCCCCCCCCCC(O)C(O)CO.[Na+]. The van der Waals surface area contributed by atoms with E-state index in [1.807, 2.05) is 0 Å². The zero-order chi connectivity index (χ0) is 20.4. The molecule has 8 nitrogen and oxygen atoms in total. The average Bonchev–Trinajstić information content (AvgIpc) is 2.53. The van der Waals surface area contributed by atoms with E-state index in [1.165, 1.54) is 51.4 Å². The van der Waals surface area contributed by atoms with E-state index >= 15 is 0 Å². The van der Waals surface area contributed by atoms with Gasteiger partial charge in [-0.25, -0.2) is 8.42 Å². The first-order chi connectivity index (χ1) is 12.1. The van der Waals surface area contributed by atoms with Gasteiger partial charge in [-0.05, 0) is 6.42 Å². The minimum atomic E-state index is -4.82. The summed E-state index contributed by atoms with van der Waals surface area (Å²) in [6, 6.07) is 0. The molecule has 0 amide bonds. The zero-order valence-electron chi connectivity index (χ0n) is 16.9. The number of rotatable bonds is 14. The molecule has 0 saturated heterocycles. The van der Waals surface area contributed by atoms with Crippen molar-refractivity contribution < 1.29 is 66.8 Å². The molecule has 0 radical (unpaired) electrons. The van der Waals surface area contributed by atoms with Crippen LogP contribution in [-0.2, 0) is 19.4 Å². The zero-order valence-corrected chi connectivity index (χ0v) is 19.7. The monoisotopic (exact) mass is 422 g/mol. The maximum absolute atomic E-state index is 9.66. The second kappa shape index (κ2) is 21.0. The molecular weight excluding hydrogens is 387 g/mol. The Morgan fingerprint density at radius 3 is 1.63 bits per heavy atom. The predicted molar refractivity (Wildman–Crippen MR) is 97.0 cm³/mol. The molecule has 0 aromatic carbocycles. The fourth-order valence-electron chi connectivity index (χ4n) is 2.30. The summed E-state index contributed by atoms with van der Waals surface area (Å²) in [5.41, 5.74) is 0. The smallest absolute Gasteiger partial charge is 0.716 e. The third-order valence-electron chi connectivity index (χ3n) is 3.70. The van der Waals surface area contributed by atoms with Crippen LogP contribution in [0, 0.1) is 0 Å². The minimum Gasteiger partial charge on any atom is -0.716 e. The van der Waals surface area contributed by atoms with E-state index in [0.717, 1.165) is 19.8 Å². The number of unbranched alkanes of at least 4 members (excludes halogenated alkanes) is 9. The standard InChI is InChI=1S/C15H32O3.C2H4O5S.Na/c1-2-3-4-5-6-7-8-9-10-11-12-14(17)15(18)13-16;1-2(3)7-8(4,5)6;/h14-18H,2-13H2,1H3;1H3,(H,4,5,6);/q;;+1/p-1. The third-order valence-corrected chi connectivity index (χ3v) is 4.14. The van der Waals surface area contributed by atoms with Gasteiger partial charge in [0.2, 0.25) is 0 Å². The van der Waals surface area contributed by atoms with Crippen molar-refractivity contribution in [1.82, 2.24) is 0 Å². The third kappa shape index (κ3) is 28.6. The Balaban J connectivity index is -0.000000542. The maximum Gasteiger partial charge on any atom is 1.00 e. The van der Waals surface area contributed by atoms with Gasteiger partial charge in [-0.2, -0.15) is 0 Å². The normalized spacial score (nSPS) is 13.0. The molecule has 0 aromatic heterocycles. The first-order valence-corrected chi connectivity index (χ1v) is 10.6. The number of hydrogen-bond donors (Lipinski definition) is 3. The van der Waals surface area contributed by atoms with E-state index in [2.05, 4.69) is 11.1 Å². The summed E-state index contributed by atoms with van der Waals surface area (Å²) in [5.74, 6) is -1.13. The van der Waals surface area contributed by atoms with Crippen molar-refractivity contribution in [3.8, 4) is 0 Å². The van der Waals surface area contributed by atoms with E-state index in [-0.39, 0.29) is 36.2 Å². The molecule has 0 aliphatic rings. The molecule has 0 saturated carbocycles. The number of carbonyl (C=O) groups excluding carboxylic acids is 1. The summed E-state index contributed by atoms with van der Waals surface area (Å²) in [6.07, 6.45) is 11.5. The molecule has 2 unspecified atom stereocenters. The van der Waals surface area contributed by atoms with Crippen molar-refractivity contribution in [3.05, 3.63) is 0 Å². The van der Waals surface area contributed by atoms with E-state index in [0.29, 0.717) is 6.42 Å². The van der Waals surface area contributed by atoms with E-state index in [9.17, 15) is 22.9 Å². The van der Waals surface area contributed by atoms with E-state index < -0.39 is 28.6 Å². The molecule has 27 heavy (non-hydrogen) atoms. The van der Waals surface area contributed by atoms with Gasteiger partial charge in [-0.15, -0.1) is 0 Å². The Labute approximate surface area is 185 Å². The quantitative estimate of drug-likeness (QED) is 0.140. The van der Waals surface area contributed by atoms with Gasteiger partial charge >= 0.3 is 35.5 Å². The number of aliphatic hydroxyl groups excluding tert-OH is 3. The molecule has 10 heteroatoms. The molecule has 0 bridgehead atoms. The van der Waals surface area contributed by atoms with Gasteiger partial charge in [0.25, 0.3) is 10.4 Å². The Kier molecular flexibility index (Phi) is 24.8. The molecule has 0 spiro atoms. The van der Waals surface area contributed by atoms with Crippen LogP contribution in [0.4, 0.5) is 0 Å². The predicted octanol–water partition coefficient (Wildman–Crippen LogP) is -0.975. The fourth-order valence-corrected chi connectivity index (χ4v) is 2.59. The Morgan fingerprint density at radius 2 is 1.33 bits per heavy atom. The van der Waals surface area contributed by atoms with Crippen LogP contribution in [0.15, 0.2) is 0 Å². The molecule has 0 fully saturated rings. The van der Waals surface area contributed by atoms with Crippen molar-refractivity contribution >= 4 is 16.4 Å². The summed E-state index contributed by atoms with van der Waals surface area (Å²) in [7, 11) is -4.82. The van der Waals surface area contributed by atoms with Crippen LogP contribution in [-0.4, -0.2) is 53.1 Å². The Morgan fingerprint density at radius 1 is 0.926 bits per heavy atom. The summed E-state index contributed by atoms with van der Waals surface area (Å²) < 4.78 is 31.5. The number of aliphatic hydroxyl groups is 3. The summed E-state index contributed by atoms with van der Waals surface area (Å²) in [4.78, 5) is 9.66. The van der Waals surface area contributed by atoms with Crippen molar-refractivity contribution in [2.75, 3.05) is 6.61 Å². The summed E-state index contributed by atoms with van der Waals surface area (Å²) in [5, 5.41) is 27.3. The van der Waals surface area contributed by atoms with Crippen molar-refractivity contribution in [2.45, 2.75) is 96.7 Å². The van der Waals surface area contributed by atoms with E-state index in [1.54, 1.807) is 0 Å². The number of hydrogen-bond acceptors (Lipinski definition) is 8. The molecule has 0 heterocycles. The van der Waals surface area contributed by atoms with Crippen LogP contribution >= 0.6 is 0 Å². The Bertz CT molecular complexity index is 431. The summed E-state index contributed by atoms with van der Waals surface area (Å²) >= 11 is 0. The van der Waals surface area contributed by atoms with Gasteiger partial charge in [0.1, 0.15) is 6.10 Å². The van der Waals surface area contributed by atoms with Crippen LogP contribution in [0.1, 0.15) is 84.5 Å². The van der Waals surface area contributed by atoms with Crippen LogP contribution in [0.5, 0.6) is 0 Å². The number of carbonyl (C=O) groups is 1. The first-order valence-electron chi connectivity index (χ1n) is 9.26. The van der Waals surface area contributed by atoms with Gasteiger partial charge in [-0.1, -0.05) is 71.1 Å². The van der Waals surface area contributed by atoms with Crippen LogP contribution in [0.2, 0.25) is 0 Å². The van der Waals surface area contributed by atoms with Gasteiger partial charge in [0, 0.05) is 6.92 Å². The summed E-state index contributed by atoms with van der Waals surface area (Å²) in [6.45, 7) is 2.72. The van der Waals surface area contributed by atoms with Gasteiger partial charge in [0.15, 0.2) is 0 Å². The molecule has 158 valence electrons. The van der Waals surface area contributed by atoms with Crippen LogP contribution in [0.3, 0.4) is 0 Å². The fraction of sp³-hybridized carbons (Fsp3) is 0.941. The largest absolute Gasteiger partial charge is 1.00 e. The molecule has 0 aliphatic carbocycles. The molecule has 0 aromatic rings. The first kappa shape index (κ1) is 31.9. The second-order valence-electron chi connectivity index (χ2n) is 6.27. The van der Waals surface area contributed by atoms with Crippen LogP contribution < -0.4 is 29.6 Å². The molecule has 2 atom stereocenters. The molecule has 0 rings (SSSR count). The van der Waals surface area contributed by atoms with Crippen molar-refractivity contribution in [3.63, 3.8) is 0 Å². The minimum absolute atomic E-state index is 0. The molecule has 0 aliphatic heterocycles. The average molecular weight is 423 g/mol. The second-order valence-corrected chi connectivity index (χ2v) is 7.25. The molecule has 3 N–H and O–H groups in total. The van der Waals surface area contributed by atoms with E-state index in [4.69, 9.17) is 10.2 Å². The topological polar surface area (TPSA) is 144 Å². The van der Waals surface area contributed by atoms with Crippen molar-refractivity contribution in [2.24, 2.45) is 0 Å². The molecular formula is C17H35NaO8S. The van der Waals surface area contributed by atoms with Crippen molar-refractivity contribution in [1.29, 1.82) is 0 Å². The van der Waals surface area contributed by atoms with Gasteiger partial charge < -0.3 is 24.1 Å². The Hall–Kier alpha value is 0.260. The maximum atomic E-state index is 9.66.